The molecule has 1 fully saturated rings. The summed E-state index contributed by atoms with van der Waals surface area (Å²) >= 11 is 0. The third kappa shape index (κ3) is 10.6. The molecule has 14 nitrogen and oxygen atoms in total. The molecule has 0 aliphatic carbocycles. The lowest BCUT2D eigenvalue weighted by molar-refractivity contribution is -0.135. The number of phenolic OH excluding ortho intramolecular Hbond substituents is 1. The van der Waals surface area contributed by atoms with Crippen molar-refractivity contribution < 1.29 is 33.9 Å². The summed E-state index contributed by atoms with van der Waals surface area (Å²) in [6.07, 6.45) is 0.621. The van der Waals surface area contributed by atoms with Gasteiger partial charge in [0.25, 0.3) is 0 Å². The van der Waals surface area contributed by atoms with Crippen molar-refractivity contribution in [2.24, 2.45) is 11.5 Å². The monoisotopic (exact) mass is 713 g/mol. The highest BCUT2D eigenvalue weighted by atomic mass is 16.3. The molecule has 0 bridgehead atoms. The van der Waals surface area contributed by atoms with Gasteiger partial charge in [-0.1, -0.05) is 60.2 Å². The van der Waals surface area contributed by atoms with Crippen molar-refractivity contribution in [2.75, 3.05) is 6.54 Å². The second-order valence-corrected chi connectivity index (χ2v) is 13.1. The second-order valence-electron chi connectivity index (χ2n) is 13.1. The molecular weight excluding hydrogens is 666 g/mol. The van der Waals surface area contributed by atoms with Gasteiger partial charge in [-0.3, -0.25) is 28.8 Å². The molecule has 276 valence electrons. The summed E-state index contributed by atoms with van der Waals surface area (Å²) in [5.74, 6) is -4.19. The first kappa shape index (κ1) is 39.0. The summed E-state index contributed by atoms with van der Waals surface area (Å²) in [5.41, 5.74) is 15.9. The topological polar surface area (TPSA) is 235 Å². The van der Waals surface area contributed by atoms with Crippen molar-refractivity contribution in [3.8, 4) is 5.75 Å². The molecule has 10 N–H and O–H groups in total. The third-order valence-corrected chi connectivity index (χ3v) is 9.01. The minimum Gasteiger partial charge on any atom is -0.508 e. The Morgan fingerprint density at radius 1 is 0.827 bits per heavy atom. The van der Waals surface area contributed by atoms with Gasteiger partial charge in [0, 0.05) is 6.54 Å². The van der Waals surface area contributed by atoms with Crippen molar-refractivity contribution in [1.82, 2.24) is 26.6 Å². The van der Waals surface area contributed by atoms with Crippen LogP contribution in [0.15, 0.2) is 66.7 Å². The van der Waals surface area contributed by atoms with E-state index in [1.807, 2.05) is 6.92 Å². The Bertz CT molecular complexity index is 1760. The molecule has 1 saturated heterocycles. The number of nitrogens with two attached hydrogens (primary N) is 2. The Labute approximate surface area is 302 Å². The zero-order chi connectivity index (χ0) is 37.9. The summed E-state index contributed by atoms with van der Waals surface area (Å²) in [5, 5.41) is 23.4. The van der Waals surface area contributed by atoms with Gasteiger partial charge in [-0.15, -0.1) is 0 Å². The van der Waals surface area contributed by atoms with E-state index in [1.54, 1.807) is 80.6 Å². The van der Waals surface area contributed by atoms with Gasteiger partial charge in [-0.05, 0) is 86.4 Å². The van der Waals surface area contributed by atoms with Crippen LogP contribution in [0.2, 0.25) is 0 Å². The molecule has 14 heteroatoms. The van der Waals surface area contributed by atoms with E-state index in [2.05, 4.69) is 26.6 Å². The summed E-state index contributed by atoms with van der Waals surface area (Å²) in [4.78, 5) is 80.4. The normalized spacial score (nSPS) is 21.4. The summed E-state index contributed by atoms with van der Waals surface area (Å²) in [6, 6.07) is 12.1. The molecule has 1 aliphatic rings. The SMILES string of the molecule is Cc1ccc([C@@H]2NC(=O)[C@H](c3ccccc3)NC(=O)[C@H](NC(=O)[C@@H](N)Cc3c(C)cc(O)cc3C)CCCCNC(=O)C[C@@H](C(N)=O)NC2=O)cc1. The lowest BCUT2D eigenvalue weighted by atomic mass is 9.95. The molecule has 5 atom stereocenters. The van der Waals surface area contributed by atoms with E-state index in [0.717, 1.165) is 22.3 Å². The predicted molar refractivity (Wildman–Crippen MR) is 193 cm³/mol. The van der Waals surface area contributed by atoms with E-state index in [4.69, 9.17) is 11.5 Å². The van der Waals surface area contributed by atoms with Crippen molar-refractivity contribution in [3.05, 3.63) is 100 Å². The molecule has 4 rings (SSSR count). The van der Waals surface area contributed by atoms with Crippen molar-refractivity contribution >= 4 is 35.4 Å². The molecule has 1 heterocycles. The lowest BCUT2D eigenvalue weighted by Crippen LogP contribution is -2.54. The minimum atomic E-state index is -1.37. The van der Waals surface area contributed by atoms with Crippen LogP contribution in [-0.2, 0) is 35.2 Å². The van der Waals surface area contributed by atoms with Gasteiger partial charge in [-0.25, -0.2) is 0 Å². The van der Waals surface area contributed by atoms with Crippen LogP contribution in [-0.4, -0.2) is 65.2 Å². The fraction of sp³-hybridized carbons (Fsp3) is 0.368. The number of carbonyl (C=O) groups excluding carboxylic acids is 6. The maximum Gasteiger partial charge on any atom is 0.248 e. The predicted octanol–water partition coefficient (Wildman–Crippen LogP) is 1.05. The summed E-state index contributed by atoms with van der Waals surface area (Å²) in [7, 11) is 0. The molecule has 0 spiro atoms. The molecule has 1 aliphatic heterocycles. The van der Waals surface area contributed by atoms with Crippen molar-refractivity contribution in [2.45, 2.75) is 83.1 Å². The smallest absolute Gasteiger partial charge is 0.248 e. The van der Waals surface area contributed by atoms with Crippen LogP contribution in [0.1, 0.15) is 71.1 Å². The number of phenols is 1. The quantitative estimate of drug-likeness (QED) is 0.176. The number of nitrogens with one attached hydrogen (secondary N) is 5. The first-order valence-corrected chi connectivity index (χ1v) is 17.2. The van der Waals surface area contributed by atoms with Crippen LogP contribution in [0, 0.1) is 20.8 Å². The molecule has 3 aromatic rings. The van der Waals surface area contributed by atoms with E-state index in [1.165, 1.54) is 0 Å². The van der Waals surface area contributed by atoms with Gasteiger partial charge < -0.3 is 43.2 Å². The molecule has 0 saturated carbocycles. The van der Waals surface area contributed by atoms with E-state index in [0.29, 0.717) is 24.0 Å². The Hall–Kier alpha value is -5.76. The molecular formula is C38H47N7O7. The van der Waals surface area contributed by atoms with Crippen LogP contribution in [0.25, 0.3) is 0 Å². The minimum absolute atomic E-state index is 0.0989. The lowest BCUT2D eigenvalue weighted by Gasteiger charge is -2.27. The molecule has 0 unspecified atom stereocenters. The van der Waals surface area contributed by atoms with Gasteiger partial charge in [0.15, 0.2) is 0 Å². The van der Waals surface area contributed by atoms with Gasteiger partial charge >= 0.3 is 0 Å². The van der Waals surface area contributed by atoms with E-state index in [9.17, 15) is 33.9 Å². The maximum absolute atomic E-state index is 14.1. The maximum atomic E-state index is 14.1. The fourth-order valence-electron chi connectivity index (χ4n) is 6.06. The summed E-state index contributed by atoms with van der Waals surface area (Å²) in [6.45, 7) is 5.64. The highest BCUT2D eigenvalue weighted by Gasteiger charge is 2.34. The zero-order valence-electron chi connectivity index (χ0n) is 29.5. The second kappa shape index (κ2) is 17.9. The highest BCUT2D eigenvalue weighted by Crippen LogP contribution is 2.23. The van der Waals surface area contributed by atoms with Crippen molar-refractivity contribution in [1.29, 1.82) is 0 Å². The Kier molecular flexibility index (Phi) is 13.5. The average Bonchev–Trinajstić information content (AvgIpc) is 3.10. The van der Waals surface area contributed by atoms with Crippen LogP contribution < -0.4 is 38.1 Å². The highest BCUT2D eigenvalue weighted by molar-refractivity contribution is 5.97. The number of amides is 6. The van der Waals surface area contributed by atoms with Crippen LogP contribution in [0.3, 0.4) is 0 Å². The number of aryl methyl sites for hydroxylation is 3. The number of primary amides is 1. The van der Waals surface area contributed by atoms with Crippen molar-refractivity contribution in [3.63, 3.8) is 0 Å². The van der Waals surface area contributed by atoms with Crippen LogP contribution >= 0.6 is 0 Å². The van der Waals surface area contributed by atoms with Gasteiger partial charge in [0.2, 0.25) is 35.4 Å². The largest absolute Gasteiger partial charge is 0.508 e. The Morgan fingerprint density at radius 2 is 1.40 bits per heavy atom. The van der Waals surface area contributed by atoms with Gasteiger partial charge in [0.1, 0.15) is 29.9 Å². The summed E-state index contributed by atoms with van der Waals surface area (Å²) < 4.78 is 0. The molecule has 52 heavy (non-hydrogen) atoms. The number of rotatable bonds is 7. The number of benzene rings is 3. The van der Waals surface area contributed by atoms with Crippen LogP contribution in [0.4, 0.5) is 0 Å². The van der Waals surface area contributed by atoms with Gasteiger partial charge in [0.05, 0.1) is 12.5 Å². The molecule has 0 aromatic heterocycles. The average molecular weight is 714 g/mol. The van der Waals surface area contributed by atoms with Gasteiger partial charge in [-0.2, -0.15) is 0 Å². The Balaban J connectivity index is 1.66. The number of hydrogen-bond acceptors (Lipinski definition) is 8. The van der Waals surface area contributed by atoms with E-state index >= 15 is 0 Å². The third-order valence-electron chi connectivity index (χ3n) is 9.01. The first-order valence-electron chi connectivity index (χ1n) is 17.2. The zero-order valence-corrected chi connectivity index (χ0v) is 29.5. The number of hydrogen-bond donors (Lipinski definition) is 8. The Morgan fingerprint density at radius 3 is 2.02 bits per heavy atom. The number of carbonyl (C=O) groups is 6. The van der Waals surface area contributed by atoms with E-state index in [-0.39, 0.29) is 25.1 Å². The molecule has 0 radical (unpaired) electrons. The molecule has 6 amide bonds. The standard InChI is InChI=1S/C38H47N7O7/c1-21-12-14-25(15-13-21)33-37(51)43-30(34(40)48)20-31(47)41-16-8-7-11-29(36(50)44-32(38(52)45-33)24-9-5-4-6-10-24)42-35(49)28(39)19-27-22(2)17-26(46)18-23(27)3/h4-6,9-10,12-15,17-18,28-30,32-33,46H,7-8,11,16,19-20,39H2,1-3H3,(H2,40,48)(H,41,47)(H,42,49)(H,43,51)(H,44,50)(H,45,52)/t28-,29+,30-,32-,33-/m0/s1. The fourth-order valence-corrected chi connectivity index (χ4v) is 6.06. The van der Waals surface area contributed by atoms with Crippen LogP contribution in [0.5, 0.6) is 5.75 Å². The first-order chi connectivity index (χ1) is 24.7. The molecule has 3 aromatic carbocycles. The van der Waals surface area contributed by atoms with E-state index < -0.39 is 72.1 Å². The number of aromatic hydroxyl groups is 1.